The molecule has 0 atom stereocenters. The largest absolute Gasteiger partial charge is 0.492 e. The highest BCUT2D eigenvalue weighted by Crippen LogP contribution is 2.30. The average molecular weight is 488 g/mol. The first kappa shape index (κ1) is 22.5. The number of benzene rings is 1. The molecule has 29 heavy (non-hydrogen) atoms. The van der Waals surface area contributed by atoms with Gasteiger partial charge in [0.15, 0.2) is 0 Å². The Balaban J connectivity index is 1.61. The van der Waals surface area contributed by atoms with Gasteiger partial charge >= 0.3 is 0 Å². The number of ether oxygens (including phenoxy) is 1. The first-order valence-electron chi connectivity index (χ1n) is 10.3. The van der Waals surface area contributed by atoms with Crippen molar-refractivity contribution in [3.05, 3.63) is 22.7 Å². The minimum absolute atomic E-state index is 0.161. The lowest BCUT2D eigenvalue weighted by Crippen LogP contribution is -2.51. The molecular weight excluding hydrogens is 458 g/mol. The van der Waals surface area contributed by atoms with Gasteiger partial charge in [-0.15, -0.1) is 0 Å². The molecule has 0 spiro atoms. The number of hydrogen-bond donors (Lipinski definition) is 0. The van der Waals surface area contributed by atoms with Gasteiger partial charge in [-0.25, -0.2) is 8.42 Å². The Hall–Kier alpha value is -1.16. The molecule has 0 aromatic heterocycles. The number of nitrogens with zero attached hydrogens (tertiary/aromatic N) is 3. The van der Waals surface area contributed by atoms with Crippen LogP contribution in [0.15, 0.2) is 27.6 Å². The molecule has 0 unspecified atom stereocenters. The zero-order chi connectivity index (χ0) is 20.9. The molecule has 0 bridgehead atoms. The van der Waals surface area contributed by atoms with Crippen LogP contribution in [0.5, 0.6) is 5.75 Å². The zero-order valence-corrected chi connectivity index (χ0v) is 19.4. The van der Waals surface area contributed by atoms with E-state index in [0.717, 1.165) is 25.9 Å². The van der Waals surface area contributed by atoms with Crippen molar-refractivity contribution < 1.29 is 17.9 Å². The number of piperazine rings is 1. The highest BCUT2D eigenvalue weighted by atomic mass is 79.9. The van der Waals surface area contributed by atoms with Crippen LogP contribution in [0.25, 0.3) is 0 Å². The van der Waals surface area contributed by atoms with Gasteiger partial charge in [0.05, 0.1) is 13.2 Å². The fourth-order valence-corrected chi connectivity index (χ4v) is 5.93. The lowest BCUT2D eigenvalue weighted by molar-refractivity contribution is -0.132. The van der Waals surface area contributed by atoms with Crippen LogP contribution < -0.4 is 4.74 Å². The van der Waals surface area contributed by atoms with E-state index >= 15 is 0 Å². The summed E-state index contributed by atoms with van der Waals surface area (Å²) in [6.07, 6.45) is 4.54. The van der Waals surface area contributed by atoms with Gasteiger partial charge in [-0.1, -0.05) is 28.8 Å². The summed E-state index contributed by atoms with van der Waals surface area (Å²) in [5.41, 5.74) is 0. The number of hydrogen-bond acceptors (Lipinski definition) is 5. The maximum Gasteiger partial charge on any atom is 0.246 e. The monoisotopic (exact) mass is 487 g/mol. The molecule has 2 aliphatic heterocycles. The minimum Gasteiger partial charge on any atom is -0.492 e. The number of halogens is 1. The summed E-state index contributed by atoms with van der Waals surface area (Å²) in [5.74, 6) is 0.531. The van der Waals surface area contributed by atoms with Crippen molar-refractivity contribution in [2.24, 2.45) is 0 Å². The Morgan fingerprint density at radius 2 is 1.69 bits per heavy atom. The third-order valence-corrected chi connectivity index (χ3v) is 7.89. The van der Waals surface area contributed by atoms with Gasteiger partial charge in [0.1, 0.15) is 10.6 Å². The summed E-state index contributed by atoms with van der Waals surface area (Å²) in [6.45, 7) is 6.13. The summed E-state index contributed by atoms with van der Waals surface area (Å²) in [4.78, 5) is 16.8. The van der Waals surface area contributed by atoms with E-state index in [1.54, 1.807) is 18.2 Å². The highest BCUT2D eigenvalue weighted by molar-refractivity contribution is 9.10. The Kier molecular flexibility index (Phi) is 7.95. The van der Waals surface area contributed by atoms with Gasteiger partial charge in [0, 0.05) is 43.7 Å². The van der Waals surface area contributed by atoms with Crippen molar-refractivity contribution in [1.29, 1.82) is 0 Å². The molecule has 1 aromatic rings. The highest BCUT2D eigenvalue weighted by Gasteiger charge is 2.32. The van der Waals surface area contributed by atoms with Gasteiger partial charge in [-0.05, 0) is 38.0 Å². The normalized spacial score (nSPS) is 19.7. The first-order valence-corrected chi connectivity index (χ1v) is 12.6. The third kappa shape index (κ3) is 5.71. The fourth-order valence-electron chi connectivity index (χ4n) is 3.84. The number of likely N-dealkylation sites (tertiary alicyclic amines) is 1. The summed E-state index contributed by atoms with van der Waals surface area (Å²) in [7, 11) is -3.66. The van der Waals surface area contributed by atoms with Crippen LogP contribution in [0, 0.1) is 0 Å². The van der Waals surface area contributed by atoms with Crippen molar-refractivity contribution in [1.82, 2.24) is 14.1 Å². The number of rotatable bonds is 6. The molecule has 9 heteroatoms. The molecule has 0 saturated carbocycles. The second-order valence-corrected chi connectivity index (χ2v) is 10.3. The summed E-state index contributed by atoms with van der Waals surface area (Å²) in [5, 5.41) is 0. The second kappa shape index (κ2) is 10.2. The Bertz CT molecular complexity index is 802. The van der Waals surface area contributed by atoms with Crippen molar-refractivity contribution in [3.8, 4) is 5.75 Å². The molecule has 3 rings (SSSR count). The predicted octanol–water partition coefficient (Wildman–Crippen LogP) is 2.56. The number of amides is 1. The number of carbonyl (C=O) groups is 1. The van der Waals surface area contributed by atoms with E-state index in [2.05, 4.69) is 20.8 Å². The van der Waals surface area contributed by atoms with E-state index in [-0.39, 0.29) is 10.8 Å². The maximum absolute atomic E-state index is 13.2. The molecule has 1 amide bonds. The van der Waals surface area contributed by atoms with Gasteiger partial charge in [0.2, 0.25) is 15.9 Å². The molecule has 0 aliphatic carbocycles. The van der Waals surface area contributed by atoms with Crippen molar-refractivity contribution in [2.75, 3.05) is 52.4 Å². The van der Waals surface area contributed by atoms with Crippen LogP contribution in [-0.4, -0.2) is 80.9 Å². The van der Waals surface area contributed by atoms with E-state index in [4.69, 9.17) is 4.74 Å². The number of sulfonamides is 1. The second-order valence-electron chi connectivity index (χ2n) is 7.50. The van der Waals surface area contributed by atoms with Crippen LogP contribution in [0.2, 0.25) is 0 Å². The molecule has 7 nitrogen and oxygen atoms in total. The standard InChI is InChI=1S/C20H30BrN3O4S/c1-2-28-18-8-7-17(21)15-19(18)29(26,27)24-13-11-22(12-14-24)16-20(25)23-9-5-3-4-6-10-23/h7-8,15H,2-6,9-14,16H2,1H3. The van der Waals surface area contributed by atoms with E-state index < -0.39 is 10.0 Å². The van der Waals surface area contributed by atoms with Crippen LogP contribution in [-0.2, 0) is 14.8 Å². The molecule has 2 heterocycles. The van der Waals surface area contributed by atoms with Crippen molar-refractivity contribution in [2.45, 2.75) is 37.5 Å². The van der Waals surface area contributed by atoms with E-state index in [0.29, 0.717) is 49.6 Å². The predicted molar refractivity (Wildman–Crippen MR) is 116 cm³/mol. The third-order valence-electron chi connectivity index (χ3n) is 5.47. The Morgan fingerprint density at radius 3 is 2.31 bits per heavy atom. The SMILES string of the molecule is CCOc1ccc(Br)cc1S(=O)(=O)N1CCN(CC(=O)N2CCCCCC2)CC1. The van der Waals surface area contributed by atoms with Crippen LogP contribution in [0.1, 0.15) is 32.6 Å². The smallest absolute Gasteiger partial charge is 0.246 e. The fraction of sp³-hybridized carbons (Fsp3) is 0.650. The molecule has 2 aliphatic rings. The van der Waals surface area contributed by atoms with Gasteiger partial charge < -0.3 is 9.64 Å². The molecule has 2 saturated heterocycles. The zero-order valence-electron chi connectivity index (χ0n) is 17.0. The quantitative estimate of drug-likeness (QED) is 0.616. The molecule has 0 radical (unpaired) electrons. The molecule has 162 valence electrons. The lowest BCUT2D eigenvalue weighted by atomic mass is 10.2. The van der Waals surface area contributed by atoms with Crippen molar-refractivity contribution in [3.63, 3.8) is 0 Å². The van der Waals surface area contributed by atoms with Crippen LogP contribution >= 0.6 is 15.9 Å². The topological polar surface area (TPSA) is 70.2 Å². The molecule has 1 aromatic carbocycles. The summed E-state index contributed by atoms with van der Waals surface area (Å²) >= 11 is 3.36. The Labute approximate surface area is 182 Å². The Morgan fingerprint density at radius 1 is 1.03 bits per heavy atom. The van der Waals surface area contributed by atoms with Crippen LogP contribution in [0.4, 0.5) is 0 Å². The first-order chi connectivity index (χ1) is 13.9. The van der Waals surface area contributed by atoms with E-state index in [9.17, 15) is 13.2 Å². The number of carbonyl (C=O) groups excluding carboxylic acids is 1. The molecule has 2 fully saturated rings. The molecular formula is C20H30BrN3O4S. The maximum atomic E-state index is 13.2. The minimum atomic E-state index is -3.66. The van der Waals surface area contributed by atoms with Gasteiger partial charge in [-0.2, -0.15) is 4.31 Å². The van der Waals surface area contributed by atoms with Gasteiger partial charge in [-0.3, -0.25) is 9.69 Å². The van der Waals surface area contributed by atoms with Crippen LogP contribution in [0.3, 0.4) is 0 Å². The summed E-state index contributed by atoms with van der Waals surface area (Å²) < 4.78 is 34.1. The van der Waals surface area contributed by atoms with Crippen molar-refractivity contribution >= 4 is 31.9 Å². The van der Waals surface area contributed by atoms with Gasteiger partial charge in [0.25, 0.3) is 0 Å². The summed E-state index contributed by atoms with van der Waals surface area (Å²) in [6, 6.07) is 5.04. The van der Waals surface area contributed by atoms with E-state index in [1.165, 1.54) is 17.1 Å². The average Bonchev–Trinajstić information content (AvgIpc) is 2.99. The lowest BCUT2D eigenvalue weighted by Gasteiger charge is -2.34. The van der Waals surface area contributed by atoms with E-state index in [1.807, 2.05) is 11.8 Å². The molecule has 0 N–H and O–H groups in total.